The van der Waals surface area contributed by atoms with Crippen molar-refractivity contribution in [1.29, 1.82) is 0 Å². The van der Waals surface area contributed by atoms with E-state index in [1.807, 2.05) is 43.3 Å². The van der Waals surface area contributed by atoms with Gasteiger partial charge in [-0.3, -0.25) is 0 Å². The zero-order valence-corrected chi connectivity index (χ0v) is 14.3. The summed E-state index contributed by atoms with van der Waals surface area (Å²) in [6.45, 7) is 3.16. The first-order valence-electron chi connectivity index (χ1n) is 6.63. The second-order valence-corrected chi connectivity index (χ2v) is 5.65. The number of para-hydroxylation sites is 1. The molecule has 112 valence electrons. The van der Waals surface area contributed by atoms with Crippen LogP contribution in [0.3, 0.4) is 0 Å². The molecule has 2 aromatic carbocycles. The lowest BCUT2D eigenvalue weighted by atomic mass is 10.2. The van der Waals surface area contributed by atoms with E-state index in [9.17, 15) is 0 Å². The average Bonchev–Trinajstić information content (AvgIpc) is 2.48. The fraction of sp³-hybridized carbons (Fsp3) is 0.250. The third-order valence-corrected chi connectivity index (χ3v) is 3.77. The van der Waals surface area contributed by atoms with Crippen LogP contribution in [-0.4, -0.2) is 13.7 Å². The number of rotatable bonds is 6. The highest BCUT2D eigenvalue weighted by Crippen LogP contribution is 2.37. The molecule has 0 heterocycles. The standard InChI is InChI=1S/C16H17BrClNO2/c1-3-21-16-13(17)8-12(18)9-14(16)19-10-11-6-4-5-7-15(11)20-2/h4-9,19H,3,10H2,1-2H3. The number of nitrogens with one attached hydrogen (secondary N) is 1. The summed E-state index contributed by atoms with van der Waals surface area (Å²) in [6.07, 6.45) is 0. The number of benzene rings is 2. The second-order valence-electron chi connectivity index (χ2n) is 4.36. The summed E-state index contributed by atoms with van der Waals surface area (Å²) in [5.74, 6) is 1.61. The molecular formula is C16H17BrClNO2. The Morgan fingerprint density at radius 2 is 2.00 bits per heavy atom. The van der Waals surface area contributed by atoms with Crippen LogP contribution in [0, 0.1) is 0 Å². The van der Waals surface area contributed by atoms with Gasteiger partial charge in [0.05, 0.1) is 23.9 Å². The van der Waals surface area contributed by atoms with Crippen molar-refractivity contribution < 1.29 is 9.47 Å². The number of anilines is 1. The van der Waals surface area contributed by atoms with E-state index in [-0.39, 0.29) is 0 Å². The van der Waals surface area contributed by atoms with Crippen LogP contribution in [0.4, 0.5) is 5.69 Å². The van der Waals surface area contributed by atoms with Crippen molar-refractivity contribution in [2.45, 2.75) is 13.5 Å². The van der Waals surface area contributed by atoms with Crippen LogP contribution >= 0.6 is 27.5 Å². The maximum absolute atomic E-state index is 6.11. The molecule has 0 radical (unpaired) electrons. The van der Waals surface area contributed by atoms with Crippen LogP contribution < -0.4 is 14.8 Å². The molecule has 0 aliphatic heterocycles. The lowest BCUT2D eigenvalue weighted by Gasteiger charge is -2.15. The van der Waals surface area contributed by atoms with E-state index >= 15 is 0 Å². The predicted molar refractivity (Wildman–Crippen MR) is 90.6 cm³/mol. The topological polar surface area (TPSA) is 30.5 Å². The van der Waals surface area contributed by atoms with Gasteiger partial charge in [0.25, 0.3) is 0 Å². The van der Waals surface area contributed by atoms with Crippen molar-refractivity contribution in [2.75, 3.05) is 19.0 Å². The van der Waals surface area contributed by atoms with Crippen molar-refractivity contribution in [1.82, 2.24) is 0 Å². The second kappa shape index (κ2) is 7.57. The largest absolute Gasteiger partial charge is 0.496 e. The van der Waals surface area contributed by atoms with Gasteiger partial charge in [0.1, 0.15) is 5.75 Å². The van der Waals surface area contributed by atoms with E-state index in [1.165, 1.54) is 0 Å². The van der Waals surface area contributed by atoms with Gasteiger partial charge in [-0.05, 0) is 41.1 Å². The van der Waals surface area contributed by atoms with Crippen LogP contribution in [0.1, 0.15) is 12.5 Å². The van der Waals surface area contributed by atoms with Gasteiger partial charge in [-0.15, -0.1) is 0 Å². The van der Waals surface area contributed by atoms with Gasteiger partial charge in [-0.25, -0.2) is 0 Å². The van der Waals surface area contributed by atoms with Crippen LogP contribution in [0.2, 0.25) is 5.02 Å². The number of methoxy groups -OCH3 is 1. The van der Waals surface area contributed by atoms with Crippen molar-refractivity contribution in [2.24, 2.45) is 0 Å². The zero-order chi connectivity index (χ0) is 15.2. The fourth-order valence-electron chi connectivity index (χ4n) is 2.02. The summed E-state index contributed by atoms with van der Waals surface area (Å²) in [7, 11) is 1.67. The molecule has 2 aromatic rings. The molecule has 0 aromatic heterocycles. The maximum Gasteiger partial charge on any atom is 0.156 e. The Labute approximate surface area is 138 Å². The van der Waals surface area contributed by atoms with Crippen molar-refractivity contribution in [3.8, 4) is 11.5 Å². The Morgan fingerprint density at radius 1 is 1.24 bits per heavy atom. The van der Waals surface area contributed by atoms with Gasteiger partial charge in [-0.2, -0.15) is 0 Å². The van der Waals surface area contributed by atoms with Gasteiger partial charge in [0, 0.05) is 17.1 Å². The average molecular weight is 371 g/mol. The van der Waals surface area contributed by atoms with Gasteiger partial charge in [-0.1, -0.05) is 29.8 Å². The highest BCUT2D eigenvalue weighted by Gasteiger charge is 2.11. The highest BCUT2D eigenvalue weighted by atomic mass is 79.9. The first-order chi connectivity index (χ1) is 10.2. The lowest BCUT2D eigenvalue weighted by molar-refractivity contribution is 0.339. The third kappa shape index (κ3) is 4.05. The molecule has 0 saturated carbocycles. The normalized spacial score (nSPS) is 10.3. The molecule has 1 N–H and O–H groups in total. The van der Waals surface area contributed by atoms with Gasteiger partial charge >= 0.3 is 0 Å². The zero-order valence-electron chi connectivity index (χ0n) is 12.0. The minimum absolute atomic E-state index is 0.587. The molecule has 0 fully saturated rings. The first-order valence-corrected chi connectivity index (χ1v) is 7.80. The van der Waals surface area contributed by atoms with Gasteiger partial charge < -0.3 is 14.8 Å². The molecule has 0 unspecified atom stereocenters. The van der Waals surface area contributed by atoms with Crippen molar-refractivity contribution in [3.05, 3.63) is 51.5 Å². The molecule has 3 nitrogen and oxygen atoms in total. The summed E-state index contributed by atoms with van der Waals surface area (Å²) >= 11 is 9.59. The molecule has 0 aliphatic rings. The summed E-state index contributed by atoms with van der Waals surface area (Å²) in [5, 5.41) is 4.00. The molecule has 2 rings (SSSR count). The Hall–Kier alpha value is -1.39. The molecular weight excluding hydrogens is 354 g/mol. The number of hydrogen-bond acceptors (Lipinski definition) is 3. The smallest absolute Gasteiger partial charge is 0.156 e. The van der Waals surface area contributed by atoms with E-state index in [2.05, 4.69) is 21.2 Å². The van der Waals surface area contributed by atoms with Crippen LogP contribution in [-0.2, 0) is 6.54 Å². The molecule has 5 heteroatoms. The first kappa shape index (κ1) is 16.0. The molecule has 0 amide bonds. The number of halogens is 2. The monoisotopic (exact) mass is 369 g/mol. The Morgan fingerprint density at radius 3 is 2.71 bits per heavy atom. The molecule has 0 atom stereocenters. The summed E-state index contributed by atoms with van der Waals surface area (Å²) in [5.41, 5.74) is 1.92. The van der Waals surface area contributed by atoms with E-state index < -0.39 is 0 Å². The van der Waals surface area contributed by atoms with E-state index in [0.29, 0.717) is 18.2 Å². The van der Waals surface area contributed by atoms with Gasteiger partial charge in [0.2, 0.25) is 0 Å². The van der Waals surface area contributed by atoms with E-state index in [0.717, 1.165) is 27.2 Å². The summed E-state index contributed by atoms with van der Waals surface area (Å²) in [4.78, 5) is 0. The highest BCUT2D eigenvalue weighted by molar-refractivity contribution is 9.10. The molecule has 0 bridgehead atoms. The molecule has 0 saturated heterocycles. The van der Waals surface area contributed by atoms with Crippen molar-refractivity contribution in [3.63, 3.8) is 0 Å². The molecule has 21 heavy (non-hydrogen) atoms. The lowest BCUT2D eigenvalue weighted by Crippen LogP contribution is -2.04. The Kier molecular flexibility index (Phi) is 5.76. The SMILES string of the molecule is CCOc1c(Br)cc(Cl)cc1NCc1ccccc1OC. The van der Waals surface area contributed by atoms with Crippen LogP contribution in [0.5, 0.6) is 11.5 Å². The fourth-order valence-corrected chi connectivity index (χ4v) is 2.95. The maximum atomic E-state index is 6.11. The molecule has 0 aliphatic carbocycles. The van der Waals surface area contributed by atoms with E-state index in [1.54, 1.807) is 7.11 Å². The minimum atomic E-state index is 0.587. The predicted octanol–water partition coefficient (Wildman–Crippen LogP) is 5.12. The number of hydrogen-bond donors (Lipinski definition) is 1. The van der Waals surface area contributed by atoms with E-state index in [4.69, 9.17) is 21.1 Å². The third-order valence-electron chi connectivity index (χ3n) is 2.96. The Balaban J connectivity index is 2.23. The number of ether oxygens (including phenoxy) is 2. The van der Waals surface area contributed by atoms with Crippen molar-refractivity contribution >= 4 is 33.2 Å². The van der Waals surface area contributed by atoms with Crippen LogP contribution in [0.25, 0.3) is 0 Å². The van der Waals surface area contributed by atoms with Gasteiger partial charge in [0.15, 0.2) is 5.75 Å². The quantitative estimate of drug-likeness (QED) is 0.765. The minimum Gasteiger partial charge on any atom is -0.496 e. The summed E-state index contributed by atoms with van der Waals surface area (Å²) in [6, 6.07) is 11.6. The Bertz CT molecular complexity index is 619. The summed E-state index contributed by atoms with van der Waals surface area (Å²) < 4.78 is 11.9. The van der Waals surface area contributed by atoms with Crippen LogP contribution in [0.15, 0.2) is 40.9 Å². The molecule has 0 spiro atoms.